The zero-order chi connectivity index (χ0) is 29.8. The minimum absolute atomic E-state index is 0.279. The van der Waals surface area contributed by atoms with Gasteiger partial charge in [-0.3, -0.25) is 0 Å². The van der Waals surface area contributed by atoms with Gasteiger partial charge in [0.05, 0.1) is 0 Å². The van der Waals surface area contributed by atoms with Crippen molar-refractivity contribution in [2.45, 2.75) is 72.1 Å². The van der Waals surface area contributed by atoms with E-state index in [0.717, 1.165) is 44.1 Å². The maximum Gasteiger partial charge on any atom is 0.0201 e. The Bertz CT molecular complexity index is 1580. The Morgan fingerprint density at radius 1 is 0.881 bits per heavy atom. The summed E-state index contributed by atoms with van der Waals surface area (Å²) in [5.41, 5.74) is 17.5. The zero-order valence-electron chi connectivity index (χ0n) is 26.1. The van der Waals surface area contributed by atoms with Crippen molar-refractivity contribution in [3.05, 3.63) is 165 Å². The Hall–Kier alpha value is -3.90. The van der Waals surface area contributed by atoms with Gasteiger partial charge in [0.25, 0.3) is 0 Å². The van der Waals surface area contributed by atoms with E-state index in [1.54, 1.807) is 0 Å². The number of rotatable bonds is 10. The first kappa shape index (κ1) is 29.6. The SMILES string of the molecule is C=C(CCC)C1=C(C)C=C2C/C(=C\c3ccc(CCc4ccc(C(=C)C)cc4)c(CC)c3)C(=C)C2C1c1ccccc1. The van der Waals surface area contributed by atoms with Gasteiger partial charge in [-0.05, 0) is 102 Å². The van der Waals surface area contributed by atoms with Crippen molar-refractivity contribution >= 4 is 11.6 Å². The van der Waals surface area contributed by atoms with Crippen LogP contribution in [-0.2, 0) is 19.3 Å². The molecule has 5 rings (SSSR count). The van der Waals surface area contributed by atoms with Gasteiger partial charge in [0, 0.05) is 11.8 Å². The van der Waals surface area contributed by atoms with Crippen LogP contribution in [-0.4, -0.2) is 0 Å². The summed E-state index contributed by atoms with van der Waals surface area (Å²) >= 11 is 0. The first-order valence-corrected chi connectivity index (χ1v) is 15.7. The topological polar surface area (TPSA) is 0 Å². The van der Waals surface area contributed by atoms with Crippen molar-refractivity contribution in [2.24, 2.45) is 5.92 Å². The molecule has 0 spiro atoms. The third-order valence-electron chi connectivity index (χ3n) is 9.23. The summed E-state index contributed by atoms with van der Waals surface area (Å²) in [5.74, 6) is 0.578. The third kappa shape index (κ3) is 6.14. The average Bonchev–Trinajstić information content (AvgIpc) is 3.30. The van der Waals surface area contributed by atoms with Crippen molar-refractivity contribution in [3.63, 3.8) is 0 Å². The molecule has 0 N–H and O–H groups in total. The molecule has 2 aliphatic carbocycles. The molecule has 3 aromatic rings. The molecule has 0 heteroatoms. The van der Waals surface area contributed by atoms with Crippen molar-refractivity contribution < 1.29 is 0 Å². The Kier molecular flexibility index (Phi) is 9.12. The predicted octanol–water partition coefficient (Wildman–Crippen LogP) is 11.4. The molecular weight excluding hydrogens is 504 g/mol. The van der Waals surface area contributed by atoms with E-state index in [4.69, 9.17) is 6.58 Å². The lowest BCUT2D eigenvalue weighted by molar-refractivity contribution is 0.619. The monoisotopic (exact) mass is 550 g/mol. The van der Waals surface area contributed by atoms with Crippen molar-refractivity contribution in [1.82, 2.24) is 0 Å². The summed E-state index contributed by atoms with van der Waals surface area (Å²) in [5, 5.41) is 0. The van der Waals surface area contributed by atoms with E-state index in [1.165, 1.54) is 66.8 Å². The fourth-order valence-electron chi connectivity index (χ4n) is 7.03. The Morgan fingerprint density at radius 2 is 1.62 bits per heavy atom. The van der Waals surface area contributed by atoms with Crippen molar-refractivity contribution in [2.75, 3.05) is 0 Å². The molecule has 0 aromatic heterocycles. The average molecular weight is 551 g/mol. The number of aryl methyl sites for hydroxylation is 3. The number of allylic oxidation sites excluding steroid dienone is 8. The molecule has 1 fully saturated rings. The van der Waals surface area contributed by atoms with Gasteiger partial charge >= 0.3 is 0 Å². The summed E-state index contributed by atoms with van der Waals surface area (Å²) in [6, 6.07) is 27.0. The van der Waals surface area contributed by atoms with E-state index >= 15 is 0 Å². The maximum atomic E-state index is 4.73. The van der Waals surface area contributed by atoms with E-state index in [-0.39, 0.29) is 5.92 Å². The fourth-order valence-corrected chi connectivity index (χ4v) is 7.03. The van der Waals surface area contributed by atoms with Crippen LogP contribution in [0.3, 0.4) is 0 Å². The van der Waals surface area contributed by atoms with Crippen LogP contribution in [0.1, 0.15) is 86.3 Å². The highest BCUT2D eigenvalue weighted by Gasteiger charge is 2.40. The number of fused-ring (bicyclic) bond motifs is 1. The Labute approximate surface area is 254 Å². The molecule has 3 aromatic carbocycles. The molecule has 0 radical (unpaired) electrons. The second-order valence-electron chi connectivity index (χ2n) is 12.3. The van der Waals surface area contributed by atoms with Crippen LogP contribution in [0, 0.1) is 5.92 Å². The van der Waals surface area contributed by atoms with Crippen LogP contribution in [0.25, 0.3) is 11.6 Å². The normalized spacial score (nSPS) is 19.2. The molecule has 0 aliphatic heterocycles. The molecule has 2 atom stereocenters. The van der Waals surface area contributed by atoms with Crippen LogP contribution in [0.2, 0.25) is 0 Å². The first-order valence-electron chi connectivity index (χ1n) is 15.7. The van der Waals surface area contributed by atoms with Gasteiger partial charge in [0.1, 0.15) is 0 Å². The van der Waals surface area contributed by atoms with Gasteiger partial charge < -0.3 is 0 Å². The zero-order valence-corrected chi connectivity index (χ0v) is 26.1. The summed E-state index contributed by atoms with van der Waals surface area (Å²) in [6.45, 7) is 22.2. The van der Waals surface area contributed by atoms with Gasteiger partial charge in [-0.25, -0.2) is 0 Å². The fraction of sp³-hybridized carbons (Fsp3) is 0.286. The number of benzene rings is 3. The quantitative estimate of drug-likeness (QED) is 0.235. The van der Waals surface area contributed by atoms with Crippen LogP contribution in [0.15, 0.2) is 132 Å². The summed E-state index contributed by atoms with van der Waals surface area (Å²) in [6.07, 6.45) is 11.1. The van der Waals surface area contributed by atoms with Crippen LogP contribution >= 0.6 is 0 Å². The van der Waals surface area contributed by atoms with Gasteiger partial charge in [-0.15, -0.1) is 0 Å². The third-order valence-corrected chi connectivity index (χ3v) is 9.23. The van der Waals surface area contributed by atoms with Gasteiger partial charge in [0.2, 0.25) is 0 Å². The highest BCUT2D eigenvalue weighted by atomic mass is 14.4. The second kappa shape index (κ2) is 13.0. The lowest BCUT2D eigenvalue weighted by atomic mass is 9.69. The van der Waals surface area contributed by atoms with Crippen LogP contribution < -0.4 is 0 Å². The van der Waals surface area contributed by atoms with Gasteiger partial charge in [-0.2, -0.15) is 0 Å². The summed E-state index contributed by atoms with van der Waals surface area (Å²) < 4.78 is 0. The van der Waals surface area contributed by atoms with E-state index in [9.17, 15) is 0 Å². The molecule has 1 saturated carbocycles. The van der Waals surface area contributed by atoms with Gasteiger partial charge in [0.15, 0.2) is 0 Å². The lowest BCUT2D eigenvalue weighted by Crippen LogP contribution is -2.21. The van der Waals surface area contributed by atoms with Crippen molar-refractivity contribution in [1.29, 1.82) is 0 Å². The van der Waals surface area contributed by atoms with E-state index in [0.29, 0.717) is 5.92 Å². The van der Waals surface area contributed by atoms with Crippen LogP contribution in [0.5, 0.6) is 0 Å². The van der Waals surface area contributed by atoms with Crippen molar-refractivity contribution in [3.8, 4) is 0 Å². The minimum Gasteiger partial charge on any atom is -0.0955 e. The van der Waals surface area contributed by atoms with E-state index in [2.05, 4.69) is 126 Å². The second-order valence-corrected chi connectivity index (χ2v) is 12.3. The van der Waals surface area contributed by atoms with Gasteiger partial charge in [-0.1, -0.05) is 142 Å². The Morgan fingerprint density at radius 3 is 2.29 bits per heavy atom. The minimum atomic E-state index is 0.279. The maximum absolute atomic E-state index is 4.73. The smallest absolute Gasteiger partial charge is 0.0201 e. The predicted molar refractivity (Wildman–Crippen MR) is 184 cm³/mol. The number of hydrogen-bond acceptors (Lipinski definition) is 0. The summed E-state index contributed by atoms with van der Waals surface area (Å²) in [7, 11) is 0. The highest BCUT2D eigenvalue weighted by Crippen LogP contribution is 2.55. The molecule has 2 aliphatic rings. The molecule has 0 saturated heterocycles. The van der Waals surface area contributed by atoms with Crippen LogP contribution in [0.4, 0.5) is 0 Å². The van der Waals surface area contributed by atoms with E-state index < -0.39 is 0 Å². The molecular formula is C42H46. The molecule has 0 nitrogen and oxygen atoms in total. The van der Waals surface area contributed by atoms with E-state index in [1.807, 2.05) is 0 Å². The number of hydrogen-bond donors (Lipinski definition) is 0. The molecule has 0 heterocycles. The lowest BCUT2D eigenvalue weighted by Gasteiger charge is -2.34. The molecule has 42 heavy (non-hydrogen) atoms. The standard InChI is InChI=1S/C42H46/c1-8-13-29(5)40-30(6)24-39-27-38(31(7)41(39)42(40)37-14-11-10-12-15-37)26-33-19-23-36(34(9-2)25-33)22-18-32-16-20-35(21-17-32)28(3)4/h10-12,14-17,19-21,23-26,41-42H,3,5,7-9,13,18,22,27H2,1-2,4,6H3/b38-26+. The molecule has 214 valence electrons. The summed E-state index contributed by atoms with van der Waals surface area (Å²) in [4.78, 5) is 0. The first-order chi connectivity index (χ1) is 20.3. The molecule has 0 bridgehead atoms. The molecule has 0 amide bonds. The molecule has 2 unspecified atom stereocenters. The Balaban J connectivity index is 1.40. The highest BCUT2D eigenvalue weighted by molar-refractivity contribution is 5.68. The largest absolute Gasteiger partial charge is 0.0955 e.